The monoisotopic (exact) mass is 466 g/mol. The van der Waals surface area contributed by atoms with Gasteiger partial charge in [-0.15, -0.1) is 0 Å². The maximum absolute atomic E-state index is 15.6. The predicted molar refractivity (Wildman–Crippen MR) is 123 cm³/mol. The predicted octanol–water partition coefficient (Wildman–Crippen LogP) is 4.72. The molecule has 1 N–H and O–H groups in total. The summed E-state index contributed by atoms with van der Waals surface area (Å²) in [5.41, 5.74) is 1.27. The van der Waals surface area contributed by atoms with Crippen LogP contribution in [0.5, 0.6) is 0 Å². The van der Waals surface area contributed by atoms with Crippen LogP contribution in [0.4, 0.5) is 10.1 Å². The molecule has 0 bridgehead atoms. The molecule has 0 spiro atoms. The molecule has 4 aromatic rings. The first-order chi connectivity index (χ1) is 16.0. The highest BCUT2D eigenvalue weighted by Gasteiger charge is 2.50. The summed E-state index contributed by atoms with van der Waals surface area (Å²) in [4.78, 5) is 23.3. The number of pyridine rings is 1. The Balaban J connectivity index is 1.70. The summed E-state index contributed by atoms with van der Waals surface area (Å²) in [5.74, 6) is -0.885. The quantitative estimate of drug-likeness (QED) is 0.468. The van der Waals surface area contributed by atoms with Crippen LogP contribution >= 0.6 is 11.6 Å². The fourth-order valence-corrected chi connectivity index (χ4v) is 4.75. The molecule has 0 unspecified atom stereocenters. The Morgan fingerprint density at radius 2 is 1.94 bits per heavy atom. The first-order valence-corrected chi connectivity index (χ1v) is 11.2. The average Bonchev–Trinajstić information content (AvgIpc) is 3.46. The molecule has 2 aromatic carbocycles. The zero-order chi connectivity index (χ0) is 22.7. The van der Waals surface area contributed by atoms with Gasteiger partial charge in [-0.05, 0) is 37.1 Å². The SMILES string of the molecule is O=C(O)c1cc(N2CCOCC2)cc2c1nc(C1(F)CC1)n2-c1ccnc2c(Cl)cccc12. The van der Waals surface area contributed by atoms with Gasteiger partial charge in [0.1, 0.15) is 5.52 Å². The number of alkyl halides is 1. The third-order valence-corrected chi connectivity index (χ3v) is 6.69. The molecule has 33 heavy (non-hydrogen) atoms. The average molecular weight is 467 g/mol. The number of para-hydroxylation sites is 1. The fourth-order valence-electron chi connectivity index (χ4n) is 4.53. The highest BCUT2D eigenvalue weighted by atomic mass is 35.5. The molecule has 7 nitrogen and oxygen atoms in total. The topological polar surface area (TPSA) is 80.5 Å². The van der Waals surface area contributed by atoms with E-state index in [1.807, 2.05) is 18.2 Å². The number of morpholine rings is 1. The molecule has 2 aromatic heterocycles. The second-order valence-electron chi connectivity index (χ2n) is 8.47. The summed E-state index contributed by atoms with van der Waals surface area (Å²) in [6, 6.07) is 10.8. The van der Waals surface area contributed by atoms with E-state index in [4.69, 9.17) is 16.3 Å². The van der Waals surface area contributed by atoms with Gasteiger partial charge in [0, 0.05) is 30.4 Å². The van der Waals surface area contributed by atoms with Crippen LogP contribution in [0.25, 0.3) is 27.6 Å². The summed E-state index contributed by atoms with van der Waals surface area (Å²) in [5, 5.41) is 11.2. The number of carbonyl (C=O) groups is 1. The van der Waals surface area contributed by atoms with Gasteiger partial charge in [-0.3, -0.25) is 9.55 Å². The number of carboxylic acid groups (broad SMARTS) is 1. The van der Waals surface area contributed by atoms with E-state index in [9.17, 15) is 9.90 Å². The number of aromatic carboxylic acids is 1. The highest BCUT2D eigenvalue weighted by molar-refractivity contribution is 6.35. The lowest BCUT2D eigenvalue weighted by atomic mass is 10.1. The minimum absolute atomic E-state index is 0.0506. The van der Waals surface area contributed by atoms with Gasteiger partial charge in [0.2, 0.25) is 0 Å². The summed E-state index contributed by atoms with van der Waals surface area (Å²) < 4.78 is 22.8. The van der Waals surface area contributed by atoms with Gasteiger partial charge in [0.05, 0.1) is 40.5 Å². The molecule has 1 aliphatic carbocycles. The van der Waals surface area contributed by atoms with E-state index in [1.165, 1.54) is 0 Å². The lowest BCUT2D eigenvalue weighted by Crippen LogP contribution is -2.36. The zero-order valence-electron chi connectivity index (χ0n) is 17.6. The molecule has 9 heteroatoms. The number of nitrogens with zero attached hydrogens (tertiary/aromatic N) is 4. The molecule has 168 valence electrons. The maximum Gasteiger partial charge on any atom is 0.338 e. The van der Waals surface area contributed by atoms with E-state index in [2.05, 4.69) is 14.9 Å². The minimum Gasteiger partial charge on any atom is -0.478 e. The molecule has 0 radical (unpaired) electrons. The first-order valence-electron chi connectivity index (χ1n) is 10.8. The normalized spacial score (nSPS) is 17.6. The van der Waals surface area contributed by atoms with Crippen molar-refractivity contribution in [2.75, 3.05) is 31.2 Å². The summed E-state index contributed by atoms with van der Waals surface area (Å²) in [7, 11) is 0. The Hall–Kier alpha value is -3.23. The van der Waals surface area contributed by atoms with Crippen LogP contribution in [-0.2, 0) is 10.4 Å². The van der Waals surface area contributed by atoms with Crippen LogP contribution in [0.1, 0.15) is 29.0 Å². The van der Waals surface area contributed by atoms with Gasteiger partial charge < -0.3 is 14.7 Å². The second kappa shape index (κ2) is 7.40. The van der Waals surface area contributed by atoms with E-state index in [-0.39, 0.29) is 16.9 Å². The van der Waals surface area contributed by atoms with E-state index >= 15 is 4.39 Å². The number of anilines is 1. The molecule has 1 saturated heterocycles. The number of rotatable bonds is 4. The molecule has 3 heterocycles. The van der Waals surface area contributed by atoms with Crippen molar-refractivity contribution in [1.82, 2.24) is 14.5 Å². The zero-order valence-corrected chi connectivity index (χ0v) is 18.3. The molecule has 6 rings (SSSR count). The van der Waals surface area contributed by atoms with Crippen LogP contribution in [-0.4, -0.2) is 51.9 Å². The first kappa shape index (κ1) is 20.4. The third-order valence-electron chi connectivity index (χ3n) is 6.38. The summed E-state index contributed by atoms with van der Waals surface area (Å²) in [6.07, 6.45) is 2.32. The van der Waals surface area contributed by atoms with E-state index < -0.39 is 11.6 Å². The molecule has 0 amide bonds. The molecule has 2 aliphatic rings. The number of halogens is 2. The number of aromatic nitrogens is 3. The van der Waals surface area contributed by atoms with Crippen molar-refractivity contribution < 1.29 is 19.0 Å². The number of fused-ring (bicyclic) bond motifs is 2. The van der Waals surface area contributed by atoms with E-state index in [1.54, 1.807) is 29.0 Å². The number of ether oxygens (including phenoxy) is 1. The lowest BCUT2D eigenvalue weighted by molar-refractivity contribution is 0.0699. The van der Waals surface area contributed by atoms with Crippen LogP contribution < -0.4 is 4.90 Å². The molecular formula is C24H20ClFN4O3. The van der Waals surface area contributed by atoms with Crippen LogP contribution in [0.3, 0.4) is 0 Å². The van der Waals surface area contributed by atoms with Crippen molar-refractivity contribution in [2.24, 2.45) is 0 Å². The van der Waals surface area contributed by atoms with E-state index in [0.717, 1.165) is 11.1 Å². The smallest absolute Gasteiger partial charge is 0.338 e. The Labute approximate surface area is 193 Å². The maximum atomic E-state index is 15.6. The number of benzene rings is 2. The van der Waals surface area contributed by atoms with Gasteiger partial charge in [-0.1, -0.05) is 23.7 Å². The van der Waals surface area contributed by atoms with Crippen LogP contribution in [0, 0.1) is 0 Å². The number of hydrogen-bond acceptors (Lipinski definition) is 5. The number of imidazole rings is 1. The Bertz CT molecular complexity index is 1430. The molecule has 1 saturated carbocycles. The van der Waals surface area contributed by atoms with Gasteiger partial charge >= 0.3 is 5.97 Å². The van der Waals surface area contributed by atoms with Crippen molar-refractivity contribution in [3.63, 3.8) is 0 Å². The van der Waals surface area contributed by atoms with Crippen molar-refractivity contribution in [1.29, 1.82) is 0 Å². The Kier molecular flexibility index (Phi) is 4.57. The van der Waals surface area contributed by atoms with Crippen molar-refractivity contribution in [3.8, 4) is 5.69 Å². The van der Waals surface area contributed by atoms with E-state index in [0.29, 0.717) is 60.9 Å². The number of carboxylic acids is 1. The van der Waals surface area contributed by atoms with Gasteiger partial charge in [0.25, 0.3) is 0 Å². The highest BCUT2D eigenvalue weighted by Crippen LogP contribution is 2.51. The number of hydrogen-bond donors (Lipinski definition) is 1. The van der Waals surface area contributed by atoms with Gasteiger partial charge in [-0.25, -0.2) is 14.2 Å². The second-order valence-corrected chi connectivity index (χ2v) is 8.88. The Morgan fingerprint density at radius 1 is 1.15 bits per heavy atom. The van der Waals surface area contributed by atoms with Crippen LogP contribution in [0.2, 0.25) is 5.02 Å². The molecule has 0 atom stereocenters. The largest absolute Gasteiger partial charge is 0.478 e. The third kappa shape index (κ3) is 3.24. The van der Waals surface area contributed by atoms with Crippen molar-refractivity contribution >= 4 is 45.2 Å². The molecule has 1 aliphatic heterocycles. The van der Waals surface area contributed by atoms with Crippen molar-refractivity contribution in [3.05, 3.63) is 59.0 Å². The van der Waals surface area contributed by atoms with Gasteiger partial charge in [0.15, 0.2) is 11.5 Å². The minimum atomic E-state index is -1.60. The summed E-state index contributed by atoms with van der Waals surface area (Å²) >= 11 is 6.39. The van der Waals surface area contributed by atoms with Crippen LogP contribution in [0.15, 0.2) is 42.6 Å². The fraction of sp³-hybridized carbons (Fsp3) is 0.292. The lowest BCUT2D eigenvalue weighted by Gasteiger charge is -2.29. The summed E-state index contributed by atoms with van der Waals surface area (Å²) in [6.45, 7) is 2.41. The molecule has 2 fully saturated rings. The van der Waals surface area contributed by atoms with Crippen molar-refractivity contribution in [2.45, 2.75) is 18.5 Å². The van der Waals surface area contributed by atoms with Gasteiger partial charge in [-0.2, -0.15) is 0 Å². The molecular weight excluding hydrogens is 447 g/mol. The Morgan fingerprint density at radius 3 is 2.67 bits per heavy atom. The standard InChI is InChI=1S/C24H20ClFN4O3/c25-17-3-1-2-15-18(4-7-27-20(15)17)30-19-13-14(29-8-10-33-11-9-29)12-16(22(31)32)21(19)28-23(30)24(26)5-6-24/h1-4,7,12-13H,5-6,8-11H2,(H,31,32).